The van der Waals surface area contributed by atoms with E-state index in [9.17, 15) is 4.79 Å². The molecule has 0 N–H and O–H groups in total. The Bertz CT molecular complexity index is 675. The molecule has 6 heteroatoms. The normalized spacial score (nSPS) is 15.1. The van der Waals surface area contributed by atoms with Gasteiger partial charge in [0.15, 0.2) is 6.29 Å². The molecule has 6 nitrogen and oxygen atoms in total. The van der Waals surface area contributed by atoms with Gasteiger partial charge in [0.05, 0.1) is 32.1 Å². The van der Waals surface area contributed by atoms with Crippen LogP contribution in [0.15, 0.2) is 41.2 Å². The minimum atomic E-state index is -0.402. The van der Waals surface area contributed by atoms with Gasteiger partial charge in [-0.1, -0.05) is 0 Å². The molecule has 0 atom stereocenters. The second-order valence-electron chi connectivity index (χ2n) is 4.87. The van der Waals surface area contributed by atoms with Crippen LogP contribution in [0.2, 0.25) is 0 Å². The van der Waals surface area contributed by atoms with E-state index in [0.29, 0.717) is 26.4 Å². The van der Waals surface area contributed by atoms with Gasteiger partial charge >= 0.3 is 0 Å². The van der Waals surface area contributed by atoms with Gasteiger partial charge in [0, 0.05) is 11.6 Å². The number of hydrogen-bond acceptors (Lipinski definition) is 5. The number of rotatable bonds is 5. The maximum atomic E-state index is 11.9. The Hall–Kier alpha value is -2.18. The van der Waals surface area contributed by atoms with Gasteiger partial charge in [-0.25, -0.2) is 4.68 Å². The lowest BCUT2D eigenvalue weighted by Gasteiger charge is -2.11. The van der Waals surface area contributed by atoms with Crippen molar-refractivity contribution in [1.82, 2.24) is 9.78 Å². The minimum absolute atomic E-state index is 0.172. The average molecular weight is 302 g/mol. The summed E-state index contributed by atoms with van der Waals surface area (Å²) in [5, 5.41) is 4.39. The second kappa shape index (κ2) is 6.72. The first-order valence-corrected chi connectivity index (χ1v) is 7.31. The molecule has 3 rings (SSSR count). The van der Waals surface area contributed by atoms with E-state index in [1.54, 1.807) is 6.07 Å². The van der Waals surface area contributed by atoms with Crippen molar-refractivity contribution in [2.75, 3.05) is 19.8 Å². The zero-order valence-corrected chi connectivity index (χ0v) is 12.4. The van der Waals surface area contributed by atoms with Crippen LogP contribution in [0.5, 0.6) is 5.75 Å². The van der Waals surface area contributed by atoms with Crippen LogP contribution in [0.4, 0.5) is 0 Å². The summed E-state index contributed by atoms with van der Waals surface area (Å²) in [7, 11) is 0. The van der Waals surface area contributed by atoms with E-state index in [2.05, 4.69) is 5.10 Å². The van der Waals surface area contributed by atoms with E-state index < -0.39 is 6.29 Å². The van der Waals surface area contributed by atoms with Crippen LogP contribution >= 0.6 is 0 Å². The zero-order chi connectivity index (χ0) is 15.4. The van der Waals surface area contributed by atoms with E-state index in [1.807, 2.05) is 31.2 Å². The molecule has 0 bridgehead atoms. The van der Waals surface area contributed by atoms with Crippen LogP contribution in [-0.2, 0) is 16.0 Å². The monoisotopic (exact) mass is 302 g/mol. The third-order valence-corrected chi connectivity index (χ3v) is 3.34. The Kier molecular flexibility index (Phi) is 4.50. The van der Waals surface area contributed by atoms with E-state index in [1.165, 1.54) is 10.7 Å². The first kappa shape index (κ1) is 14.7. The summed E-state index contributed by atoms with van der Waals surface area (Å²) >= 11 is 0. The molecule has 0 spiro atoms. The molecule has 0 saturated carbocycles. The lowest BCUT2D eigenvalue weighted by atomic mass is 10.1. The third-order valence-electron chi connectivity index (χ3n) is 3.34. The highest BCUT2D eigenvalue weighted by Gasteiger charge is 2.17. The predicted octanol–water partition coefficient (Wildman–Crippen LogP) is 1.68. The fourth-order valence-corrected chi connectivity index (χ4v) is 2.28. The van der Waals surface area contributed by atoms with Crippen molar-refractivity contribution in [1.29, 1.82) is 0 Å². The summed E-state index contributed by atoms with van der Waals surface area (Å²) in [4.78, 5) is 11.9. The molecule has 116 valence electrons. The van der Waals surface area contributed by atoms with Crippen molar-refractivity contribution < 1.29 is 14.2 Å². The Labute approximate surface area is 128 Å². The van der Waals surface area contributed by atoms with Gasteiger partial charge in [0.1, 0.15) is 5.75 Å². The number of benzene rings is 1. The fourth-order valence-electron chi connectivity index (χ4n) is 2.28. The van der Waals surface area contributed by atoms with Crippen LogP contribution in [0.25, 0.3) is 11.3 Å². The molecule has 1 aliphatic rings. The number of aromatic nitrogens is 2. The highest BCUT2D eigenvalue weighted by Crippen LogP contribution is 2.20. The Morgan fingerprint density at radius 2 is 1.91 bits per heavy atom. The summed E-state index contributed by atoms with van der Waals surface area (Å²) in [6.45, 7) is 3.97. The lowest BCUT2D eigenvalue weighted by molar-refractivity contribution is -0.0553. The topological polar surface area (TPSA) is 62.6 Å². The number of ether oxygens (including phenoxy) is 3. The number of hydrogen-bond donors (Lipinski definition) is 0. The maximum absolute atomic E-state index is 11.9. The van der Waals surface area contributed by atoms with E-state index in [0.717, 1.165) is 17.0 Å². The Morgan fingerprint density at radius 1 is 1.18 bits per heavy atom. The van der Waals surface area contributed by atoms with Crippen molar-refractivity contribution in [3.8, 4) is 17.0 Å². The smallest absolute Gasteiger partial charge is 0.266 e. The van der Waals surface area contributed by atoms with Gasteiger partial charge in [-0.15, -0.1) is 0 Å². The molecular weight excluding hydrogens is 284 g/mol. The van der Waals surface area contributed by atoms with Crippen LogP contribution < -0.4 is 10.3 Å². The first-order chi connectivity index (χ1) is 10.8. The summed E-state index contributed by atoms with van der Waals surface area (Å²) < 4.78 is 17.5. The average Bonchev–Trinajstić information content (AvgIpc) is 3.04. The minimum Gasteiger partial charge on any atom is -0.494 e. The van der Waals surface area contributed by atoms with Crippen LogP contribution in [0, 0.1) is 0 Å². The molecule has 1 aromatic heterocycles. The van der Waals surface area contributed by atoms with Crippen LogP contribution in [0.1, 0.15) is 6.92 Å². The third kappa shape index (κ3) is 3.35. The van der Waals surface area contributed by atoms with Crippen LogP contribution in [-0.4, -0.2) is 35.9 Å². The first-order valence-electron chi connectivity index (χ1n) is 7.31. The van der Waals surface area contributed by atoms with E-state index in [-0.39, 0.29) is 5.56 Å². The summed E-state index contributed by atoms with van der Waals surface area (Å²) in [5.74, 6) is 0.812. The van der Waals surface area contributed by atoms with Crippen LogP contribution in [0.3, 0.4) is 0 Å². The second-order valence-corrected chi connectivity index (χ2v) is 4.87. The highest BCUT2D eigenvalue weighted by molar-refractivity contribution is 5.59. The standard InChI is InChI=1S/C16H18N2O4/c1-2-20-13-5-3-12(4-6-13)14-7-8-15(19)18(17-14)11-16-21-9-10-22-16/h3-8,16H,2,9-11H2,1H3. The molecule has 1 saturated heterocycles. The van der Waals surface area contributed by atoms with Gasteiger partial charge in [-0.05, 0) is 37.3 Å². The van der Waals surface area contributed by atoms with Gasteiger partial charge in [-0.3, -0.25) is 4.79 Å². The molecule has 0 amide bonds. The van der Waals surface area contributed by atoms with Gasteiger partial charge in [0.2, 0.25) is 0 Å². The Morgan fingerprint density at radius 3 is 2.59 bits per heavy atom. The van der Waals surface area contributed by atoms with E-state index >= 15 is 0 Å². The highest BCUT2D eigenvalue weighted by atomic mass is 16.7. The van der Waals surface area contributed by atoms with Crippen molar-refractivity contribution >= 4 is 0 Å². The molecule has 1 aliphatic heterocycles. The summed E-state index contributed by atoms with van der Waals surface area (Å²) in [5.41, 5.74) is 1.47. The quantitative estimate of drug-likeness (QED) is 0.841. The molecular formula is C16H18N2O4. The fraction of sp³-hybridized carbons (Fsp3) is 0.375. The summed E-state index contributed by atoms with van der Waals surface area (Å²) in [6.07, 6.45) is -0.402. The number of nitrogens with zero attached hydrogens (tertiary/aromatic N) is 2. The molecule has 2 aromatic rings. The van der Waals surface area contributed by atoms with Gasteiger partial charge in [0.25, 0.3) is 5.56 Å². The predicted molar refractivity (Wildman–Crippen MR) is 80.8 cm³/mol. The Balaban J connectivity index is 1.82. The molecule has 2 heterocycles. The maximum Gasteiger partial charge on any atom is 0.266 e. The van der Waals surface area contributed by atoms with Crippen molar-refractivity contribution in [2.45, 2.75) is 19.8 Å². The van der Waals surface area contributed by atoms with Crippen molar-refractivity contribution in [3.05, 3.63) is 46.8 Å². The molecule has 1 fully saturated rings. The lowest BCUT2D eigenvalue weighted by Crippen LogP contribution is -2.29. The SMILES string of the molecule is CCOc1ccc(-c2ccc(=O)n(CC3OCCO3)n2)cc1. The molecule has 0 unspecified atom stereocenters. The molecule has 22 heavy (non-hydrogen) atoms. The van der Waals surface area contributed by atoms with Gasteiger partial charge in [-0.2, -0.15) is 5.10 Å². The van der Waals surface area contributed by atoms with Crippen molar-refractivity contribution in [2.24, 2.45) is 0 Å². The molecule has 0 radical (unpaired) electrons. The van der Waals surface area contributed by atoms with Crippen molar-refractivity contribution in [3.63, 3.8) is 0 Å². The molecule has 1 aromatic carbocycles. The molecule has 0 aliphatic carbocycles. The summed E-state index contributed by atoms with van der Waals surface area (Å²) in [6, 6.07) is 10.8. The zero-order valence-electron chi connectivity index (χ0n) is 12.4. The van der Waals surface area contributed by atoms with Gasteiger partial charge < -0.3 is 14.2 Å². The largest absolute Gasteiger partial charge is 0.494 e. The van der Waals surface area contributed by atoms with E-state index in [4.69, 9.17) is 14.2 Å².